The minimum absolute atomic E-state index is 0.146. The van der Waals surface area contributed by atoms with Crippen molar-refractivity contribution >= 4 is 11.8 Å². The van der Waals surface area contributed by atoms with Crippen LogP contribution < -0.4 is 5.32 Å². The molecule has 2 atom stereocenters. The van der Waals surface area contributed by atoms with E-state index in [4.69, 9.17) is 9.15 Å². The second kappa shape index (κ2) is 5.23. The molecule has 2 aliphatic rings. The number of rotatable bonds is 3. The second-order valence-electron chi connectivity index (χ2n) is 5.27. The van der Waals surface area contributed by atoms with Crippen LogP contribution in [0.1, 0.15) is 30.9 Å². The third-order valence-corrected chi connectivity index (χ3v) is 4.99. The molecule has 1 aromatic rings. The Bertz CT molecular complexity index is 401. The molecule has 0 radical (unpaired) electrons. The average Bonchev–Trinajstić information content (AvgIpc) is 2.97. The molecule has 3 rings (SSSR count). The predicted molar refractivity (Wildman–Crippen MR) is 71.7 cm³/mol. The number of nitrogens with zero attached hydrogens (tertiary/aromatic N) is 1. The average molecular weight is 268 g/mol. The largest absolute Gasteiger partial charge is 0.445 e. The number of aromatic nitrogens is 1. The summed E-state index contributed by atoms with van der Waals surface area (Å²) < 4.78 is 11.5. The molecule has 0 bridgehead atoms. The molecule has 100 valence electrons. The highest BCUT2D eigenvalue weighted by atomic mass is 32.2. The van der Waals surface area contributed by atoms with Crippen LogP contribution in [0.3, 0.4) is 0 Å². The fourth-order valence-corrected chi connectivity index (χ4v) is 4.16. The molecule has 18 heavy (non-hydrogen) atoms. The molecule has 1 aromatic heterocycles. The van der Waals surface area contributed by atoms with E-state index in [0.717, 1.165) is 43.4 Å². The van der Waals surface area contributed by atoms with Gasteiger partial charge in [-0.25, -0.2) is 4.98 Å². The molecule has 1 spiro atoms. The Hall–Kier alpha value is -0.520. The van der Waals surface area contributed by atoms with Crippen molar-refractivity contribution in [3.05, 3.63) is 17.8 Å². The van der Waals surface area contributed by atoms with Crippen LogP contribution in [0.15, 0.2) is 10.6 Å². The van der Waals surface area contributed by atoms with Crippen LogP contribution in [0.2, 0.25) is 0 Å². The maximum Gasteiger partial charge on any atom is 0.208 e. The second-order valence-corrected chi connectivity index (χ2v) is 6.37. The molecule has 0 amide bonds. The quantitative estimate of drug-likeness (QED) is 0.910. The lowest BCUT2D eigenvalue weighted by Crippen LogP contribution is -2.47. The van der Waals surface area contributed by atoms with E-state index in [0.29, 0.717) is 6.04 Å². The summed E-state index contributed by atoms with van der Waals surface area (Å²) in [7, 11) is 0. The maximum absolute atomic E-state index is 6.01. The van der Waals surface area contributed by atoms with Crippen LogP contribution in [0, 0.1) is 6.92 Å². The molecule has 2 unspecified atom stereocenters. The zero-order valence-corrected chi connectivity index (χ0v) is 11.6. The molecule has 1 N–H and O–H groups in total. The van der Waals surface area contributed by atoms with Crippen molar-refractivity contribution in [2.45, 2.75) is 44.4 Å². The van der Waals surface area contributed by atoms with Crippen LogP contribution in [-0.2, 0) is 11.3 Å². The Labute approximate surface area is 112 Å². The number of aryl methyl sites for hydroxylation is 1. The van der Waals surface area contributed by atoms with Crippen molar-refractivity contribution in [1.29, 1.82) is 0 Å². The highest BCUT2D eigenvalue weighted by molar-refractivity contribution is 7.99. The Kier molecular flexibility index (Phi) is 3.63. The van der Waals surface area contributed by atoms with Crippen LogP contribution in [0.25, 0.3) is 0 Å². The molecule has 3 heterocycles. The van der Waals surface area contributed by atoms with E-state index in [1.807, 2.05) is 18.7 Å². The normalized spacial score (nSPS) is 32.2. The van der Waals surface area contributed by atoms with Gasteiger partial charge in [0.05, 0.1) is 18.3 Å². The highest BCUT2D eigenvalue weighted by Gasteiger charge is 2.40. The number of thioether (sulfide) groups is 1. The van der Waals surface area contributed by atoms with Gasteiger partial charge in [0.15, 0.2) is 0 Å². The SMILES string of the molecule is Cc1cnc(CNC2CCOC3(CCSC3)C2)o1. The predicted octanol–water partition coefficient (Wildman–Crippen LogP) is 2.13. The van der Waals surface area contributed by atoms with E-state index in [2.05, 4.69) is 10.3 Å². The summed E-state index contributed by atoms with van der Waals surface area (Å²) in [6.07, 6.45) is 5.19. The molecule has 0 aliphatic carbocycles. The summed E-state index contributed by atoms with van der Waals surface area (Å²) in [5, 5.41) is 3.56. The van der Waals surface area contributed by atoms with Gasteiger partial charge >= 0.3 is 0 Å². The van der Waals surface area contributed by atoms with Crippen molar-refractivity contribution < 1.29 is 9.15 Å². The standard InChI is InChI=1S/C13H20N2O2S/c1-10-7-15-12(17-10)8-14-11-2-4-16-13(6-11)3-5-18-9-13/h7,11,14H,2-6,8-9H2,1H3. The van der Waals surface area contributed by atoms with Crippen molar-refractivity contribution in [2.75, 3.05) is 18.1 Å². The van der Waals surface area contributed by atoms with Crippen molar-refractivity contribution in [2.24, 2.45) is 0 Å². The lowest BCUT2D eigenvalue weighted by atomic mass is 9.90. The zero-order valence-electron chi connectivity index (χ0n) is 10.8. The van der Waals surface area contributed by atoms with Gasteiger partial charge in [0, 0.05) is 18.4 Å². The van der Waals surface area contributed by atoms with E-state index in [-0.39, 0.29) is 5.60 Å². The van der Waals surface area contributed by atoms with E-state index in [1.165, 1.54) is 12.2 Å². The molecular weight excluding hydrogens is 248 g/mol. The summed E-state index contributed by atoms with van der Waals surface area (Å²) in [5.41, 5.74) is 0.146. The molecule has 4 nitrogen and oxygen atoms in total. The smallest absolute Gasteiger partial charge is 0.208 e. The molecule has 2 fully saturated rings. The topological polar surface area (TPSA) is 47.3 Å². The zero-order chi connectivity index (χ0) is 12.4. The summed E-state index contributed by atoms with van der Waals surface area (Å²) >= 11 is 2.02. The summed E-state index contributed by atoms with van der Waals surface area (Å²) in [6, 6.07) is 0.532. The molecule has 5 heteroatoms. The van der Waals surface area contributed by atoms with Crippen LogP contribution >= 0.6 is 11.8 Å². The van der Waals surface area contributed by atoms with Crippen LogP contribution in [0.4, 0.5) is 0 Å². The summed E-state index contributed by atoms with van der Waals surface area (Å²) in [4.78, 5) is 4.22. The van der Waals surface area contributed by atoms with Gasteiger partial charge in [0.1, 0.15) is 5.76 Å². The Morgan fingerprint density at radius 3 is 3.28 bits per heavy atom. The highest BCUT2D eigenvalue weighted by Crippen LogP contribution is 2.38. The number of hydrogen-bond acceptors (Lipinski definition) is 5. The summed E-state index contributed by atoms with van der Waals surface area (Å²) in [5.74, 6) is 4.06. The maximum atomic E-state index is 6.01. The molecular formula is C13H20N2O2S. The van der Waals surface area contributed by atoms with Gasteiger partial charge in [-0.05, 0) is 31.9 Å². The van der Waals surface area contributed by atoms with Crippen molar-refractivity contribution in [3.8, 4) is 0 Å². The van der Waals surface area contributed by atoms with Crippen molar-refractivity contribution in [3.63, 3.8) is 0 Å². The Morgan fingerprint density at radius 2 is 2.56 bits per heavy atom. The minimum Gasteiger partial charge on any atom is -0.445 e. The number of nitrogens with one attached hydrogen (secondary N) is 1. The number of oxazole rings is 1. The third kappa shape index (κ3) is 2.73. The van der Waals surface area contributed by atoms with Gasteiger partial charge in [-0.2, -0.15) is 11.8 Å². The first-order chi connectivity index (χ1) is 8.76. The monoisotopic (exact) mass is 268 g/mol. The number of hydrogen-bond donors (Lipinski definition) is 1. The fraction of sp³-hybridized carbons (Fsp3) is 0.769. The molecule has 2 aliphatic heterocycles. The lowest BCUT2D eigenvalue weighted by molar-refractivity contribution is -0.0705. The minimum atomic E-state index is 0.146. The molecule has 2 saturated heterocycles. The van der Waals surface area contributed by atoms with Gasteiger partial charge in [-0.15, -0.1) is 0 Å². The van der Waals surface area contributed by atoms with Crippen LogP contribution in [-0.4, -0.2) is 34.7 Å². The van der Waals surface area contributed by atoms with E-state index < -0.39 is 0 Å². The van der Waals surface area contributed by atoms with E-state index in [1.54, 1.807) is 6.20 Å². The van der Waals surface area contributed by atoms with Crippen molar-refractivity contribution in [1.82, 2.24) is 10.3 Å². The first-order valence-corrected chi connectivity index (χ1v) is 7.78. The van der Waals surface area contributed by atoms with Gasteiger partial charge in [-0.3, -0.25) is 0 Å². The van der Waals surface area contributed by atoms with Gasteiger partial charge in [0.2, 0.25) is 5.89 Å². The number of ether oxygens (including phenoxy) is 1. The first kappa shape index (κ1) is 12.5. The Balaban J connectivity index is 1.53. The lowest BCUT2D eigenvalue weighted by Gasteiger charge is -2.38. The Morgan fingerprint density at radius 1 is 1.61 bits per heavy atom. The van der Waals surface area contributed by atoms with Crippen LogP contribution in [0.5, 0.6) is 0 Å². The van der Waals surface area contributed by atoms with Gasteiger partial charge < -0.3 is 14.5 Å². The van der Waals surface area contributed by atoms with Gasteiger partial charge in [0.25, 0.3) is 0 Å². The third-order valence-electron chi connectivity index (χ3n) is 3.77. The first-order valence-electron chi connectivity index (χ1n) is 6.62. The fourth-order valence-electron chi connectivity index (χ4n) is 2.78. The molecule has 0 aromatic carbocycles. The van der Waals surface area contributed by atoms with E-state index >= 15 is 0 Å². The van der Waals surface area contributed by atoms with E-state index in [9.17, 15) is 0 Å². The molecule has 0 saturated carbocycles. The summed E-state index contributed by atoms with van der Waals surface area (Å²) in [6.45, 7) is 3.53. The van der Waals surface area contributed by atoms with Gasteiger partial charge in [-0.1, -0.05) is 0 Å².